The Morgan fingerprint density at radius 3 is 2.46 bits per heavy atom. The Morgan fingerprint density at radius 1 is 1.12 bits per heavy atom. The van der Waals surface area contributed by atoms with Gasteiger partial charge < -0.3 is 10.0 Å². The molecule has 0 amide bonds. The molecule has 1 unspecified atom stereocenters. The SMILES string of the molecule is CC1=CN(S(C)(=O)=O)C(N(Cc2ccccc2)c2cccc(CO)c2)S1. The van der Waals surface area contributed by atoms with Crippen molar-refractivity contribution >= 4 is 27.5 Å². The fourth-order valence-corrected chi connectivity index (χ4v) is 5.31. The van der Waals surface area contributed by atoms with Crippen LogP contribution in [0.15, 0.2) is 65.7 Å². The second-order valence-corrected chi connectivity index (χ2v) is 9.41. The molecule has 0 saturated heterocycles. The molecule has 26 heavy (non-hydrogen) atoms. The zero-order valence-electron chi connectivity index (χ0n) is 14.7. The van der Waals surface area contributed by atoms with E-state index in [0.717, 1.165) is 21.7 Å². The van der Waals surface area contributed by atoms with Crippen LogP contribution in [0.25, 0.3) is 0 Å². The predicted molar refractivity (Wildman–Crippen MR) is 107 cm³/mol. The normalized spacial score (nSPS) is 17.3. The van der Waals surface area contributed by atoms with Crippen LogP contribution in [0.2, 0.25) is 0 Å². The molecule has 3 rings (SSSR count). The number of thioether (sulfide) groups is 1. The third-order valence-corrected chi connectivity index (χ3v) is 6.46. The Labute approximate surface area is 159 Å². The molecule has 7 heteroatoms. The Kier molecular flexibility index (Phi) is 5.60. The minimum absolute atomic E-state index is 0.0576. The number of hydrogen-bond donors (Lipinski definition) is 1. The highest BCUT2D eigenvalue weighted by atomic mass is 32.2. The van der Waals surface area contributed by atoms with Gasteiger partial charge in [-0.3, -0.25) is 0 Å². The first-order valence-corrected chi connectivity index (χ1v) is 11.0. The van der Waals surface area contributed by atoms with Crippen LogP contribution >= 0.6 is 11.8 Å². The van der Waals surface area contributed by atoms with Crippen LogP contribution in [0.5, 0.6) is 0 Å². The lowest BCUT2D eigenvalue weighted by molar-refractivity contribution is 0.282. The monoisotopic (exact) mass is 390 g/mol. The zero-order chi connectivity index (χ0) is 18.7. The molecule has 0 bridgehead atoms. The minimum atomic E-state index is -3.40. The van der Waals surface area contributed by atoms with E-state index < -0.39 is 15.5 Å². The van der Waals surface area contributed by atoms with E-state index in [1.54, 1.807) is 6.20 Å². The number of aliphatic hydroxyl groups excluding tert-OH is 1. The van der Waals surface area contributed by atoms with Crippen molar-refractivity contribution in [3.63, 3.8) is 0 Å². The number of nitrogens with zero attached hydrogens (tertiary/aromatic N) is 2. The average molecular weight is 391 g/mol. The van der Waals surface area contributed by atoms with E-state index in [2.05, 4.69) is 0 Å². The largest absolute Gasteiger partial charge is 0.392 e. The summed E-state index contributed by atoms with van der Waals surface area (Å²) in [6.45, 7) is 2.41. The third kappa shape index (κ3) is 4.23. The molecule has 0 fully saturated rings. The van der Waals surface area contributed by atoms with E-state index in [9.17, 15) is 13.5 Å². The van der Waals surface area contributed by atoms with Crippen LogP contribution in [0, 0.1) is 0 Å². The fourth-order valence-electron chi connectivity index (χ4n) is 2.86. The number of sulfonamides is 1. The van der Waals surface area contributed by atoms with Crippen molar-refractivity contribution in [2.24, 2.45) is 0 Å². The first kappa shape index (κ1) is 18.8. The standard InChI is InChI=1S/C19H22N2O3S2/c1-15-12-21(26(2,23)24)19(25-15)20(13-16-7-4-3-5-8-16)18-10-6-9-17(11-18)14-22/h3-12,19,22H,13-14H2,1-2H3. The number of allylic oxidation sites excluding steroid dienone is 1. The van der Waals surface area contributed by atoms with Crippen LogP contribution in [0.1, 0.15) is 18.1 Å². The first-order chi connectivity index (χ1) is 12.4. The summed E-state index contributed by atoms with van der Waals surface area (Å²) in [5, 5.41) is 9.48. The molecule has 2 aromatic carbocycles. The van der Waals surface area contributed by atoms with Gasteiger partial charge in [-0.15, -0.1) is 0 Å². The third-order valence-electron chi connectivity index (χ3n) is 4.09. The van der Waals surface area contributed by atoms with Crippen LogP contribution in [-0.4, -0.2) is 29.6 Å². The summed E-state index contributed by atoms with van der Waals surface area (Å²) < 4.78 is 26.0. The second-order valence-electron chi connectivity index (χ2n) is 6.22. The van der Waals surface area contributed by atoms with Crippen molar-refractivity contribution < 1.29 is 13.5 Å². The van der Waals surface area contributed by atoms with Crippen molar-refractivity contribution in [2.75, 3.05) is 11.2 Å². The molecule has 0 saturated carbocycles. The number of anilines is 1. The van der Waals surface area contributed by atoms with Crippen molar-refractivity contribution in [1.29, 1.82) is 0 Å². The molecule has 2 aromatic rings. The van der Waals surface area contributed by atoms with E-state index in [1.807, 2.05) is 66.4 Å². The van der Waals surface area contributed by atoms with Gasteiger partial charge in [-0.2, -0.15) is 0 Å². The highest BCUT2D eigenvalue weighted by Crippen LogP contribution is 2.39. The van der Waals surface area contributed by atoms with Gasteiger partial charge >= 0.3 is 0 Å². The maximum absolute atomic E-state index is 12.3. The fraction of sp³-hybridized carbons (Fsp3) is 0.263. The van der Waals surface area contributed by atoms with Gasteiger partial charge in [0.15, 0.2) is 5.50 Å². The molecule has 0 spiro atoms. The van der Waals surface area contributed by atoms with E-state index >= 15 is 0 Å². The van der Waals surface area contributed by atoms with Crippen LogP contribution in [0.3, 0.4) is 0 Å². The van der Waals surface area contributed by atoms with Crippen molar-refractivity contribution in [1.82, 2.24) is 4.31 Å². The summed E-state index contributed by atoms with van der Waals surface area (Å²) in [7, 11) is -3.40. The van der Waals surface area contributed by atoms with Gasteiger partial charge in [-0.05, 0) is 30.2 Å². The Morgan fingerprint density at radius 2 is 1.81 bits per heavy atom. The van der Waals surface area contributed by atoms with E-state index in [0.29, 0.717) is 6.54 Å². The van der Waals surface area contributed by atoms with Gasteiger partial charge in [0.25, 0.3) is 0 Å². The molecule has 1 aliphatic heterocycles. The minimum Gasteiger partial charge on any atom is -0.392 e. The molecule has 138 valence electrons. The summed E-state index contributed by atoms with van der Waals surface area (Å²) in [4.78, 5) is 2.99. The Hall–Kier alpha value is -1.96. The summed E-state index contributed by atoms with van der Waals surface area (Å²) in [5.74, 6) is 0. The van der Waals surface area contributed by atoms with Crippen molar-refractivity contribution in [3.05, 3.63) is 76.8 Å². The van der Waals surface area contributed by atoms with Gasteiger partial charge in [-0.25, -0.2) is 12.7 Å². The number of aliphatic hydroxyl groups is 1. The number of rotatable bonds is 6. The molecular formula is C19H22N2O3S2. The number of hydrogen-bond acceptors (Lipinski definition) is 5. The highest BCUT2D eigenvalue weighted by molar-refractivity contribution is 8.04. The molecule has 0 aliphatic carbocycles. The summed E-state index contributed by atoms with van der Waals surface area (Å²) >= 11 is 1.51. The van der Waals surface area contributed by atoms with Crippen LogP contribution in [0.4, 0.5) is 5.69 Å². The van der Waals surface area contributed by atoms with Gasteiger partial charge in [0.2, 0.25) is 10.0 Å². The summed E-state index contributed by atoms with van der Waals surface area (Å²) in [5.41, 5.74) is 2.34. The molecule has 0 aromatic heterocycles. The maximum atomic E-state index is 12.3. The van der Waals surface area contributed by atoms with Gasteiger partial charge in [0, 0.05) is 23.3 Å². The van der Waals surface area contributed by atoms with E-state index in [4.69, 9.17) is 0 Å². The van der Waals surface area contributed by atoms with Crippen molar-refractivity contribution in [3.8, 4) is 0 Å². The zero-order valence-corrected chi connectivity index (χ0v) is 16.4. The molecule has 0 radical (unpaired) electrons. The van der Waals surface area contributed by atoms with E-state index in [1.165, 1.54) is 22.3 Å². The molecule has 5 nitrogen and oxygen atoms in total. The van der Waals surface area contributed by atoms with Gasteiger partial charge in [0.05, 0.1) is 12.9 Å². The molecule has 1 N–H and O–H groups in total. The van der Waals surface area contributed by atoms with Crippen LogP contribution in [-0.2, 0) is 23.2 Å². The lowest BCUT2D eigenvalue weighted by atomic mass is 10.1. The lowest BCUT2D eigenvalue weighted by Gasteiger charge is -2.35. The van der Waals surface area contributed by atoms with Gasteiger partial charge in [-0.1, -0.05) is 54.2 Å². The second kappa shape index (κ2) is 7.73. The quantitative estimate of drug-likeness (QED) is 0.820. The summed E-state index contributed by atoms with van der Waals surface area (Å²) in [6, 6.07) is 17.5. The topological polar surface area (TPSA) is 60.9 Å². The smallest absolute Gasteiger partial charge is 0.234 e. The van der Waals surface area contributed by atoms with Crippen LogP contribution < -0.4 is 4.90 Å². The van der Waals surface area contributed by atoms with Crippen molar-refractivity contribution in [2.45, 2.75) is 25.6 Å². The summed E-state index contributed by atoms with van der Waals surface area (Å²) in [6.07, 6.45) is 2.90. The predicted octanol–water partition coefficient (Wildman–Crippen LogP) is 3.34. The maximum Gasteiger partial charge on any atom is 0.234 e. The highest BCUT2D eigenvalue weighted by Gasteiger charge is 2.35. The number of benzene rings is 2. The lowest BCUT2D eigenvalue weighted by Crippen LogP contribution is -2.44. The molecular weight excluding hydrogens is 368 g/mol. The van der Waals surface area contributed by atoms with E-state index in [-0.39, 0.29) is 6.61 Å². The molecule has 1 aliphatic rings. The average Bonchev–Trinajstić information content (AvgIpc) is 3.02. The molecule has 1 heterocycles. The van der Waals surface area contributed by atoms with Gasteiger partial charge in [0.1, 0.15) is 0 Å². The Bertz CT molecular complexity index is 898. The Balaban J connectivity index is 2.02. The first-order valence-electron chi connectivity index (χ1n) is 8.22. The molecule has 1 atom stereocenters.